The van der Waals surface area contributed by atoms with E-state index in [1.165, 1.54) is 16.6 Å². The lowest BCUT2D eigenvalue weighted by atomic mass is 10.1. The van der Waals surface area contributed by atoms with Crippen molar-refractivity contribution in [1.29, 1.82) is 0 Å². The Hall–Kier alpha value is -3.40. The van der Waals surface area contributed by atoms with Gasteiger partial charge in [0.1, 0.15) is 5.82 Å². The molecular weight excluding hydrogens is 394 g/mol. The van der Waals surface area contributed by atoms with E-state index >= 15 is 0 Å². The highest BCUT2D eigenvalue weighted by Crippen LogP contribution is 2.19. The van der Waals surface area contributed by atoms with Crippen LogP contribution in [0.4, 0.5) is 0 Å². The van der Waals surface area contributed by atoms with E-state index in [4.69, 9.17) is 4.98 Å². The van der Waals surface area contributed by atoms with E-state index < -0.39 is 0 Å². The summed E-state index contributed by atoms with van der Waals surface area (Å²) in [5.41, 5.74) is 6.50. The molecule has 0 aliphatic heterocycles. The van der Waals surface area contributed by atoms with Crippen LogP contribution in [0.2, 0.25) is 0 Å². The maximum atomic E-state index is 12.4. The number of nitrogens with zero attached hydrogens (tertiary/aromatic N) is 2. The number of nitrogens with one attached hydrogen (secondary N) is 1. The molecule has 3 aromatic carbocycles. The summed E-state index contributed by atoms with van der Waals surface area (Å²) in [7, 11) is 0. The fourth-order valence-electron chi connectivity index (χ4n) is 4.21. The molecule has 0 unspecified atom stereocenters. The maximum absolute atomic E-state index is 12.4. The number of aromatic nitrogens is 2. The van der Waals surface area contributed by atoms with Crippen molar-refractivity contribution >= 4 is 16.9 Å². The highest BCUT2D eigenvalue weighted by molar-refractivity contribution is 5.95. The largest absolute Gasteiger partial charge is 0.352 e. The van der Waals surface area contributed by atoms with Gasteiger partial charge in [-0.15, -0.1) is 0 Å². The van der Waals surface area contributed by atoms with Crippen LogP contribution < -0.4 is 5.32 Å². The summed E-state index contributed by atoms with van der Waals surface area (Å²) in [6.45, 7) is 5.57. The lowest BCUT2D eigenvalue weighted by molar-refractivity contribution is 0.0952. The highest BCUT2D eigenvalue weighted by atomic mass is 16.1. The van der Waals surface area contributed by atoms with Crippen molar-refractivity contribution in [2.75, 3.05) is 6.54 Å². The van der Waals surface area contributed by atoms with E-state index in [1.807, 2.05) is 32.0 Å². The Bertz CT molecular complexity index is 1190. The zero-order chi connectivity index (χ0) is 22.3. The van der Waals surface area contributed by atoms with Crippen LogP contribution in [0.5, 0.6) is 0 Å². The Balaban J connectivity index is 1.31. The number of imidazole rings is 1. The lowest BCUT2D eigenvalue weighted by Crippen LogP contribution is -2.25. The van der Waals surface area contributed by atoms with E-state index in [0.717, 1.165) is 54.7 Å². The monoisotopic (exact) mass is 425 g/mol. The van der Waals surface area contributed by atoms with E-state index in [9.17, 15) is 4.79 Å². The van der Waals surface area contributed by atoms with Gasteiger partial charge >= 0.3 is 0 Å². The van der Waals surface area contributed by atoms with Gasteiger partial charge in [0.05, 0.1) is 11.0 Å². The first kappa shape index (κ1) is 21.8. The third-order valence-electron chi connectivity index (χ3n) is 5.91. The summed E-state index contributed by atoms with van der Waals surface area (Å²) in [5, 5.41) is 3.06. The van der Waals surface area contributed by atoms with Gasteiger partial charge in [0.25, 0.3) is 5.91 Å². The molecule has 1 aromatic heterocycles. The average molecular weight is 426 g/mol. The van der Waals surface area contributed by atoms with Gasteiger partial charge in [0, 0.05) is 25.1 Å². The Morgan fingerprint density at radius 3 is 2.50 bits per heavy atom. The van der Waals surface area contributed by atoms with Gasteiger partial charge in [0.2, 0.25) is 0 Å². The maximum Gasteiger partial charge on any atom is 0.251 e. The molecule has 4 aromatic rings. The highest BCUT2D eigenvalue weighted by Gasteiger charge is 2.11. The zero-order valence-electron chi connectivity index (χ0n) is 19.0. The standard InChI is InChI=1S/C28H31N3O/c1-21-16-17-24(22(2)19-21)28(32)29-18-10-4-7-15-27-30-25-13-8-9-14-26(25)31(27)20-23-11-5-3-6-12-23/h3,5-6,8-9,11-14,16-17,19H,4,7,10,15,18,20H2,1-2H3,(H,29,32). The number of para-hydroxylation sites is 2. The van der Waals surface area contributed by atoms with Crippen LogP contribution in [-0.2, 0) is 13.0 Å². The molecule has 0 aliphatic rings. The number of unbranched alkanes of at least 4 members (excludes halogenated alkanes) is 2. The Kier molecular flexibility index (Phi) is 7.00. The molecule has 4 heteroatoms. The lowest BCUT2D eigenvalue weighted by Gasteiger charge is -2.10. The second-order valence-electron chi connectivity index (χ2n) is 8.47. The number of aryl methyl sites for hydroxylation is 3. The number of hydrogen-bond acceptors (Lipinski definition) is 2. The molecule has 164 valence electrons. The molecule has 4 nitrogen and oxygen atoms in total. The number of hydrogen-bond donors (Lipinski definition) is 1. The molecule has 4 rings (SSSR count). The summed E-state index contributed by atoms with van der Waals surface area (Å²) in [6, 6.07) is 24.9. The van der Waals surface area contributed by atoms with E-state index in [-0.39, 0.29) is 5.91 Å². The topological polar surface area (TPSA) is 46.9 Å². The minimum absolute atomic E-state index is 0.0205. The van der Waals surface area contributed by atoms with Crippen molar-refractivity contribution in [2.24, 2.45) is 0 Å². The molecule has 0 bridgehead atoms. The second kappa shape index (κ2) is 10.3. The molecular formula is C28H31N3O. The molecule has 0 aliphatic carbocycles. The second-order valence-corrected chi connectivity index (χ2v) is 8.47. The van der Waals surface area contributed by atoms with Gasteiger partial charge in [-0.25, -0.2) is 4.98 Å². The smallest absolute Gasteiger partial charge is 0.251 e. The van der Waals surface area contributed by atoms with Crippen LogP contribution in [0.15, 0.2) is 72.8 Å². The molecule has 0 saturated carbocycles. The molecule has 1 N–H and O–H groups in total. The SMILES string of the molecule is Cc1ccc(C(=O)NCCCCCc2nc3ccccc3n2Cc2ccccc2)c(C)c1. The fourth-order valence-corrected chi connectivity index (χ4v) is 4.21. The van der Waals surface area contributed by atoms with Crippen molar-refractivity contribution in [1.82, 2.24) is 14.9 Å². The van der Waals surface area contributed by atoms with E-state index in [2.05, 4.69) is 64.5 Å². The molecule has 0 spiro atoms. The van der Waals surface area contributed by atoms with Crippen molar-refractivity contribution in [2.45, 2.75) is 46.1 Å². The number of rotatable bonds is 9. The summed E-state index contributed by atoms with van der Waals surface area (Å²) in [4.78, 5) is 17.3. The Morgan fingerprint density at radius 1 is 0.906 bits per heavy atom. The summed E-state index contributed by atoms with van der Waals surface area (Å²) in [5.74, 6) is 1.15. The molecule has 1 heterocycles. The molecule has 32 heavy (non-hydrogen) atoms. The quantitative estimate of drug-likeness (QED) is 0.342. The van der Waals surface area contributed by atoms with Crippen LogP contribution in [0.3, 0.4) is 0 Å². The van der Waals surface area contributed by atoms with Gasteiger partial charge in [-0.1, -0.05) is 66.6 Å². The molecule has 0 fully saturated rings. The first-order chi connectivity index (χ1) is 15.6. The van der Waals surface area contributed by atoms with Crippen LogP contribution in [-0.4, -0.2) is 22.0 Å². The van der Waals surface area contributed by atoms with E-state index in [0.29, 0.717) is 6.54 Å². The van der Waals surface area contributed by atoms with Gasteiger partial charge < -0.3 is 9.88 Å². The van der Waals surface area contributed by atoms with Crippen molar-refractivity contribution < 1.29 is 4.79 Å². The minimum Gasteiger partial charge on any atom is -0.352 e. The molecule has 0 saturated heterocycles. The van der Waals surface area contributed by atoms with Gasteiger partial charge in [0.15, 0.2) is 0 Å². The van der Waals surface area contributed by atoms with Crippen molar-refractivity contribution in [3.05, 3.63) is 101 Å². The minimum atomic E-state index is 0.0205. The predicted molar refractivity (Wildman–Crippen MR) is 131 cm³/mol. The number of carbonyl (C=O) groups excluding carboxylic acids is 1. The number of amides is 1. The third kappa shape index (κ3) is 5.25. The molecule has 0 radical (unpaired) electrons. The van der Waals surface area contributed by atoms with Gasteiger partial charge in [-0.2, -0.15) is 0 Å². The van der Waals surface area contributed by atoms with Crippen LogP contribution in [0.25, 0.3) is 11.0 Å². The van der Waals surface area contributed by atoms with Crippen molar-refractivity contribution in [3.63, 3.8) is 0 Å². The van der Waals surface area contributed by atoms with Gasteiger partial charge in [-0.05, 0) is 56.0 Å². The molecule has 0 atom stereocenters. The third-order valence-corrected chi connectivity index (χ3v) is 5.91. The van der Waals surface area contributed by atoms with Gasteiger partial charge in [-0.3, -0.25) is 4.79 Å². The van der Waals surface area contributed by atoms with Crippen LogP contribution >= 0.6 is 0 Å². The number of fused-ring (bicyclic) bond motifs is 1. The fraction of sp³-hybridized carbons (Fsp3) is 0.286. The summed E-state index contributed by atoms with van der Waals surface area (Å²) < 4.78 is 2.34. The van der Waals surface area contributed by atoms with Crippen LogP contribution in [0, 0.1) is 13.8 Å². The Morgan fingerprint density at radius 2 is 1.69 bits per heavy atom. The molecule has 1 amide bonds. The average Bonchev–Trinajstić information content (AvgIpc) is 3.14. The van der Waals surface area contributed by atoms with Crippen LogP contribution in [0.1, 0.15) is 52.1 Å². The zero-order valence-corrected chi connectivity index (χ0v) is 19.0. The first-order valence-electron chi connectivity index (χ1n) is 11.5. The number of benzene rings is 3. The summed E-state index contributed by atoms with van der Waals surface area (Å²) >= 11 is 0. The first-order valence-corrected chi connectivity index (χ1v) is 11.5. The normalized spacial score (nSPS) is 11.1. The van der Waals surface area contributed by atoms with E-state index in [1.54, 1.807) is 0 Å². The number of carbonyl (C=O) groups is 1. The van der Waals surface area contributed by atoms with Crippen molar-refractivity contribution in [3.8, 4) is 0 Å². The predicted octanol–water partition coefficient (Wildman–Crippen LogP) is 5.84. The summed E-state index contributed by atoms with van der Waals surface area (Å²) in [6.07, 6.45) is 4.02. The Labute approximate surface area is 190 Å².